The Morgan fingerprint density at radius 3 is 2.19 bits per heavy atom. The van der Waals surface area contributed by atoms with Crippen LogP contribution in [-0.4, -0.2) is 0 Å². The van der Waals surface area contributed by atoms with E-state index in [4.69, 9.17) is 0 Å². The van der Waals surface area contributed by atoms with Crippen LogP contribution in [0.3, 0.4) is 0 Å². The Hall–Kier alpha value is -0.520. The van der Waals surface area contributed by atoms with Gasteiger partial charge in [0.1, 0.15) is 0 Å². The molecule has 0 nitrogen and oxygen atoms in total. The highest BCUT2D eigenvalue weighted by molar-refractivity contribution is 5.08. The van der Waals surface area contributed by atoms with Crippen LogP contribution < -0.4 is 0 Å². The highest BCUT2D eigenvalue weighted by Crippen LogP contribution is 2.37. The van der Waals surface area contributed by atoms with Crippen molar-refractivity contribution in [2.45, 2.75) is 73.1 Å². The molecule has 16 heavy (non-hydrogen) atoms. The van der Waals surface area contributed by atoms with E-state index in [2.05, 4.69) is 52.8 Å². The molecule has 1 atom stereocenters. The molecular weight excluding hydrogens is 192 g/mol. The molecule has 0 aliphatic carbocycles. The normalized spacial score (nSPS) is 15.1. The number of hydrogen-bond donors (Lipinski definition) is 0. The summed E-state index contributed by atoms with van der Waals surface area (Å²) in [5, 5.41) is 0. The predicted octanol–water partition coefficient (Wildman–Crippen LogP) is 5.90. The van der Waals surface area contributed by atoms with Gasteiger partial charge in [0.15, 0.2) is 0 Å². The van der Waals surface area contributed by atoms with Crippen molar-refractivity contribution in [1.29, 1.82) is 0 Å². The van der Waals surface area contributed by atoms with E-state index in [9.17, 15) is 0 Å². The van der Waals surface area contributed by atoms with Crippen molar-refractivity contribution in [2.24, 2.45) is 5.41 Å². The highest BCUT2D eigenvalue weighted by atomic mass is 14.3. The summed E-state index contributed by atoms with van der Waals surface area (Å²) in [6, 6.07) is 0. The third-order valence-electron chi connectivity index (χ3n) is 3.13. The van der Waals surface area contributed by atoms with Crippen LogP contribution in [0.4, 0.5) is 0 Å². The molecule has 0 aromatic heterocycles. The molecule has 0 aliphatic rings. The van der Waals surface area contributed by atoms with Gasteiger partial charge in [-0.3, -0.25) is 0 Å². The van der Waals surface area contributed by atoms with Crippen molar-refractivity contribution in [1.82, 2.24) is 0 Å². The Labute approximate surface area is 103 Å². The van der Waals surface area contributed by atoms with Crippen molar-refractivity contribution in [3.05, 3.63) is 23.8 Å². The number of allylic oxidation sites excluding steroid dienone is 4. The lowest BCUT2D eigenvalue weighted by Crippen LogP contribution is -2.17. The van der Waals surface area contributed by atoms with Gasteiger partial charge in [0.25, 0.3) is 0 Å². The van der Waals surface area contributed by atoms with Crippen molar-refractivity contribution < 1.29 is 0 Å². The van der Waals surface area contributed by atoms with Crippen LogP contribution in [0.1, 0.15) is 73.1 Å². The fourth-order valence-corrected chi connectivity index (χ4v) is 2.52. The van der Waals surface area contributed by atoms with Gasteiger partial charge in [-0.25, -0.2) is 0 Å². The van der Waals surface area contributed by atoms with Gasteiger partial charge in [-0.1, -0.05) is 56.9 Å². The van der Waals surface area contributed by atoms with Crippen molar-refractivity contribution in [3.63, 3.8) is 0 Å². The summed E-state index contributed by atoms with van der Waals surface area (Å²) in [4.78, 5) is 0. The monoisotopic (exact) mass is 222 g/mol. The van der Waals surface area contributed by atoms with E-state index in [0.717, 1.165) is 0 Å². The average molecular weight is 222 g/mol. The molecule has 0 radical (unpaired) electrons. The molecule has 1 unspecified atom stereocenters. The molecule has 0 N–H and O–H groups in total. The van der Waals surface area contributed by atoms with E-state index in [1.54, 1.807) is 0 Å². The lowest BCUT2D eigenvalue weighted by atomic mass is 9.75. The fourth-order valence-electron chi connectivity index (χ4n) is 2.52. The van der Waals surface area contributed by atoms with Gasteiger partial charge in [-0.15, -0.1) is 0 Å². The summed E-state index contributed by atoms with van der Waals surface area (Å²) in [6.07, 6.45) is 14.9. The number of unbranched alkanes of at least 4 members (excludes halogenated alkanes) is 1. The molecule has 0 aromatic carbocycles. The molecule has 0 heteroatoms. The van der Waals surface area contributed by atoms with Gasteiger partial charge in [0.2, 0.25) is 0 Å². The van der Waals surface area contributed by atoms with Gasteiger partial charge in [0, 0.05) is 0 Å². The maximum Gasteiger partial charge on any atom is -0.00814 e. The van der Waals surface area contributed by atoms with Gasteiger partial charge in [0.05, 0.1) is 0 Å². The molecule has 0 bridgehead atoms. The van der Waals surface area contributed by atoms with Crippen LogP contribution in [-0.2, 0) is 0 Å². The summed E-state index contributed by atoms with van der Waals surface area (Å²) >= 11 is 0. The molecule has 94 valence electrons. The maximum atomic E-state index is 2.52. The second kappa shape index (κ2) is 8.61. The van der Waals surface area contributed by atoms with Crippen molar-refractivity contribution in [3.8, 4) is 0 Å². The number of rotatable bonds is 8. The van der Waals surface area contributed by atoms with E-state index >= 15 is 0 Å². The third kappa shape index (κ3) is 6.15. The first-order valence-corrected chi connectivity index (χ1v) is 6.87. The molecule has 0 aliphatic heterocycles. The van der Waals surface area contributed by atoms with Crippen LogP contribution in [0.25, 0.3) is 0 Å². The standard InChI is InChI=1S/C16H30/c1-6-9-12-16(11-8-3,13-10-7-2)14-15(4)5/h6,9,14H,7-8,10-13H2,1-5H3. The Balaban J connectivity index is 4.79. The third-order valence-corrected chi connectivity index (χ3v) is 3.13. The first-order chi connectivity index (χ1) is 7.60. The van der Waals surface area contributed by atoms with E-state index in [1.165, 1.54) is 44.1 Å². The summed E-state index contributed by atoms with van der Waals surface area (Å²) in [5.41, 5.74) is 1.89. The molecule has 0 fully saturated rings. The summed E-state index contributed by atoms with van der Waals surface area (Å²) in [7, 11) is 0. The summed E-state index contributed by atoms with van der Waals surface area (Å²) in [6.45, 7) is 11.2. The molecule has 0 aromatic rings. The minimum Gasteiger partial charge on any atom is -0.0916 e. The Morgan fingerprint density at radius 2 is 1.75 bits per heavy atom. The quantitative estimate of drug-likeness (QED) is 0.449. The Kier molecular flexibility index (Phi) is 8.33. The van der Waals surface area contributed by atoms with Gasteiger partial charge >= 0.3 is 0 Å². The Bertz CT molecular complexity index is 218. The minimum absolute atomic E-state index is 0.427. The SMILES string of the molecule is CC=CCC(C=C(C)C)(CCC)CCCC. The van der Waals surface area contributed by atoms with E-state index in [-0.39, 0.29) is 0 Å². The van der Waals surface area contributed by atoms with E-state index in [1.807, 2.05) is 0 Å². The fraction of sp³-hybridized carbons (Fsp3) is 0.750. The number of hydrogen-bond acceptors (Lipinski definition) is 0. The molecule has 0 heterocycles. The summed E-state index contributed by atoms with van der Waals surface area (Å²) < 4.78 is 0. The zero-order valence-electron chi connectivity index (χ0n) is 12.0. The van der Waals surface area contributed by atoms with Gasteiger partial charge < -0.3 is 0 Å². The molecule has 0 saturated heterocycles. The maximum absolute atomic E-state index is 2.52. The average Bonchev–Trinajstić information content (AvgIpc) is 2.23. The zero-order chi connectivity index (χ0) is 12.4. The van der Waals surface area contributed by atoms with Crippen LogP contribution >= 0.6 is 0 Å². The van der Waals surface area contributed by atoms with E-state index in [0.29, 0.717) is 5.41 Å². The molecule has 0 saturated carbocycles. The molecule has 0 amide bonds. The minimum atomic E-state index is 0.427. The van der Waals surface area contributed by atoms with E-state index < -0.39 is 0 Å². The largest absolute Gasteiger partial charge is 0.0916 e. The molecular formula is C16H30. The van der Waals surface area contributed by atoms with Crippen LogP contribution in [0.15, 0.2) is 23.8 Å². The topological polar surface area (TPSA) is 0 Å². The molecule has 0 spiro atoms. The van der Waals surface area contributed by atoms with Gasteiger partial charge in [-0.2, -0.15) is 0 Å². The van der Waals surface area contributed by atoms with Crippen LogP contribution in [0.2, 0.25) is 0 Å². The zero-order valence-corrected chi connectivity index (χ0v) is 12.0. The van der Waals surface area contributed by atoms with Crippen LogP contribution in [0.5, 0.6) is 0 Å². The van der Waals surface area contributed by atoms with Crippen molar-refractivity contribution >= 4 is 0 Å². The predicted molar refractivity (Wildman–Crippen MR) is 75.7 cm³/mol. The summed E-state index contributed by atoms with van der Waals surface area (Å²) in [5.74, 6) is 0. The lowest BCUT2D eigenvalue weighted by molar-refractivity contribution is 0.310. The van der Waals surface area contributed by atoms with Crippen LogP contribution in [0, 0.1) is 5.41 Å². The Morgan fingerprint density at radius 1 is 1.06 bits per heavy atom. The smallest absolute Gasteiger partial charge is 0.00814 e. The van der Waals surface area contributed by atoms with Crippen molar-refractivity contribution in [2.75, 3.05) is 0 Å². The second-order valence-electron chi connectivity index (χ2n) is 5.21. The second-order valence-corrected chi connectivity index (χ2v) is 5.21. The van der Waals surface area contributed by atoms with Gasteiger partial charge in [-0.05, 0) is 45.4 Å². The first-order valence-electron chi connectivity index (χ1n) is 6.87. The first kappa shape index (κ1) is 15.5. The highest BCUT2D eigenvalue weighted by Gasteiger charge is 2.24. The molecule has 0 rings (SSSR count). The lowest BCUT2D eigenvalue weighted by Gasteiger charge is -2.30.